The van der Waals surface area contributed by atoms with Crippen molar-refractivity contribution in [3.8, 4) is 16.9 Å². The highest BCUT2D eigenvalue weighted by molar-refractivity contribution is 6.01. The third kappa shape index (κ3) is 8.49. The maximum atomic E-state index is 14.4. The summed E-state index contributed by atoms with van der Waals surface area (Å²) < 4.78 is 6.14. The summed E-state index contributed by atoms with van der Waals surface area (Å²) in [7, 11) is 9.58. The van der Waals surface area contributed by atoms with Crippen LogP contribution in [0.5, 0.6) is 5.75 Å². The second-order valence-electron chi connectivity index (χ2n) is 18.0. The van der Waals surface area contributed by atoms with Crippen molar-refractivity contribution in [2.24, 2.45) is 35.0 Å². The molecule has 2 bridgehead atoms. The van der Waals surface area contributed by atoms with Crippen LogP contribution in [0.4, 0.5) is 5.69 Å². The van der Waals surface area contributed by atoms with Gasteiger partial charge < -0.3 is 30.3 Å². The highest BCUT2D eigenvalue weighted by Gasteiger charge is 2.57. The van der Waals surface area contributed by atoms with Crippen molar-refractivity contribution in [2.75, 3.05) is 53.4 Å². The Hall–Kier alpha value is -3.96. The van der Waals surface area contributed by atoms with Gasteiger partial charge in [0.25, 0.3) is 5.91 Å². The number of carbonyl (C=O) groups is 2. The molecule has 304 valence electrons. The molecule has 3 saturated carbocycles. The van der Waals surface area contributed by atoms with Crippen LogP contribution in [0.2, 0.25) is 0 Å². The Bertz CT molecular complexity index is 1830. The molecule has 7 rings (SSSR count). The van der Waals surface area contributed by atoms with E-state index in [0.717, 1.165) is 28.8 Å². The third-order valence-electron chi connectivity index (χ3n) is 13.2. The molecule has 4 aliphatic rings. The van der Waals surface area contributed by atoms with Crippen molar-refractivity contribution >= 4 is 17.5 Å². The molecule has 1 saturated heterocycles. The van der Waals surface area contributed by atoms with Gasteiger partial charge in [-0.2, -0.15) is 5.06 Å². The lowest BCUT2D eigenvalue weighted by Crippen LogP contribution is -2.62. The number of likely N-dealkylation sites (N-methyl/N-ethyl adjacent to an activating group) is 1. The van der Waals surface area contributed by atoms with Crippen molar-refractivity contribution in [3.05, 3.63) is 83.4 Å². The number of fused-ring (bicyclic) bond motifs is 2. The maximum absolute atomic E-state index is 14.4. The van der Waals surface area contributed by atoms with Gasteiger partial charge in [0.15, 0.2) is 0 Å². The number of anilines is 1. The fourth-order valence-corrected chi connectivity index (χ4v) is 10.1. The number of hydrogen-bond donors (Lipinski definition) is 3. The molecule has 3 aromatic carbocycles. The van der Waals surface area contributed by atoms with Crippen LogP contribution in [0.1, 0.15) is 68.9 Å². The zero-order valence-corrected chi connectivity index (χ0v) is 35.2. The van der Waals surface area contributed by atoms with Gasteiger partial charge in [0.05, 0.1) is 25.8 Å². The van der Waals surface area contributed by atoms with E-state index < -0.39 is 12.1 Å². The average molecular weight is 768 g/mol. The molecule has 1 heterocycles. The second-order valence-corrected chi connectivity index (χ2v) is 18.0. The summed E-state index contributed by atoms with van der Waals surface area (Å²) in [5.74, 6) is 1.98. The summed E-state index contributed by atoms with van der Waals surface area (Å²) >= 11 is 0. The molecule has 0 radical (unpaired) electrons. The van der Waals surface area contributed by atoms with E-state index in [1.807, 2.05) is 87.7 Å². The summed E-state index contributed by atoms with van der Waals surface area (Å²) in [6, 6.07) is 21.6. The Labute approximate surface area is 334 Å². The van der Waals surface area contributed by atoms with Gasteiger partial charge in [-0.1, -0.05) is 89.2 Å². The molecule has 0 unspecified atom stereocenters. The molecule has 56 heavy (non-hydrogen) atoms. The van der Waals surface area contributed by atoms with Gasteiger partial charge in [0.2, 0.25) is 5.91 Å². The highest BCUT2D eigenvalue weighted by Crippen LogP contribution is 2.61. The molecule has 10 nitrogen and oxygen atoms in total. The molecule has 8 atom stereocenters. The fourth-order valence-electron chi connectivity index (χ4n) is 10.1. The largest absolute Gasteiger partial charge is 0.496 e. The Morgan fingerprint density at radius 1 is 1.02 bits per heavy atom. The lowest BCUT2D eigenvalue weighted by molar-refractivity contribution is -0.183. The molecular weight excluding hydrogens is 703 g/mol. The number of nitrogens with one attached hydrogen (secondary N) is 2. The average Bonchev–Trinajstić information content (AvgIpc) is 3.53. The van der Waals surface area contributed by atoms with E-state index in [1.165, 1.54) is 12.0 Å². The molecule has 3 N–H and O–H groups in total. The summed E-state index contributed by atoms with van der Waals surface area (Å²) in [6.07, 6.45) is 2.44. The molecule has 3 aliphatic carbocycles. The van der Waals surface area contributed by atoms with E-state index in [1.54, 1.807) is 12.2 Å². The normalized spacial score (nSPS) is 26.1. The van der Waals surface area contributed by atoms with E-state index in [9.17, 15) is 14.7 Å². The molecular formula is C46H65N5O5. The van der Waals surface area contributed by atoms with Gasteiger partial charge in [0, 0.05) is 55.5 Å². The SMILES string of the molecule is COc1c(CN2O[C@@H](CO)[C@H](C(C)C)[C@H]2C(=O)N[C@H]2C[C@H]3C[C@@H]([C@@H]2C)C3(C)C)cccc1-c1ccc(N(C)C)c(C(=O)N[C@@H](Cc2ccccc2)CN(C)C)c1. The van der Waals surface area contributed by atoms with Crippen LogP contribution in [0, 0.1) is 35.0 Å². The van der Waals surface area contributed by atoms with Crippen LogP contribution in [0.15, 0.2) is 66.7 Å². The first-order chi connectivity index (χ1) is 26.6. The summed E-state index contributed by atoms with van der Waals surface area (Å²) in [5, 5.41) is 19.1. The van der Waals surface area contributed by atoms with Gasteiger partial charge in [0.1, 0.15) is 17.9 Å². The number of aliphatic hydroxyl groups is 1. The van der Waals surface area contributed by atoms with Crippen LogP contribution in [-0.4, -0.2) is 99.6 Å². The standard InChI is InChI=1S/C46H65N5O5/c1-28(2)41-40(27-52)56-51(42(41)45(54)48-38-24-33-23-37(29(38)3)46(33,4)5)25-32-17-14-18-35(43(32)55-10)31-19-20-39(50(8)9)36(22-31)44(53)47-34(26-49(6)7)21-30-15-12-11-13-16-30/h11-20,22,28-29,33-34,37-38,40-42,52H,21,23-27H2,1-10H3,(H,47,53)(H,48,54)/t29-,33+,34-,37-,38-,40-,41-,42-/m0/s1. The first-order valence-electron chi connectivity index (χ1n) is 20.5. The maximum Gasteiger partial charge on any atom is 0.253 e. The van der Waals surface area contributed by atoms with Crippen LogP contribution in [0.25, 0.3) is 11.1 Å². The number of hydroxylamine groups is 2. The molecule has 0 aromatic heterocycles. The summed E-state index contributed by atoms with van der Waals surface area (Å²) in [5.41, 5.74) is 5.38. The van der Waals surface area contributed by atoms with Gasteiger partial charge in [-0.25, -0.2) is 0 Å². The number of para-hydroxylation sites is 1. The monoisotopic (exact) mass is 767 g/mol. The number of carbonyl (C=O) groups excluding carboxylic acids is 2. The predicted octanol–water partition coefficient (Wildman–Crippen LogP) is 6.27. The van der Waals surface area contributed by atoms with Crippen molar-refractivity contribution in [2.45, 2.75) is 84.7 Å². The first kappa shape index (κ1) is 41.7. The fraction of sp³-hybridized carbons (Fsp3) is 0.565. The van der Waals surface area contributed by atoms with E-state index in [2.05, 4.69) is 62.3 Å². The van der Waals surface area contributed by atoms with Crippen molar-refractivity contribution in [3.63, 3.8) is 0 Å². The van der Waals surface area contributed by atoms with E-state index in [-0.39, 0.29) is 48.9 Å². The van der Waals surface area contributed by atoms with E-state index in [4.69, 9.17) is 9.57 Å². The van der Waals surface area contributed by atoms with Gasteiger partial charge >= 0.3 is 0 Å². The molecule has 1 aliphatic heterocycles. The number of hydrogen-bond acceptors (Lipinski definition) is 8. The van der Waals surface area contributed by atoms with Crippen LogP contribution in [-0.2, 0) is 22.6 Å². The minimum atomic E-state index is -0.584. The number of ether oxygens (including phenoxy) is 1. The highest BCUT2D eigenvalue weighted by atomic mass is 16.7. The van der Waals surface area contributed by atoms with Gasteiger partial charge in [-0.3, -0.25) is 14.4 Å². The van der Waals surface area contributed by atoms with Crippen LogP contribution in [0.3, 0.4) is 0 Å². The van der Waals surface area contributed by atoms with Crippen LogP contribution < -0.4 is 20.3 Å². The molecule has 4 fully saturated rings. The minimum absolute atomic E-state index is 0.0412. The lowest BCUT2D eigenvalue weighted by Gasteiger charge is -2.62. The smallest absolute Gasteiger partial charge is 0.253 e. The first-order valence-corrected chi connectivity index (χ1v) is 20.5. The number of nitrogens with zero attached hydrogens (tertiary/aromatic N) is 3. The Morgan fingerprint density at radius 2 is 1.75 bits per heavy atom. The van der Waals surface area contributed by atoms with E-state index >= 15 is 0 Å². The lowest BCUT2D eigenvalue weighted by atomic mass is 9.45. The van der Waals surface area contributed by atoms with Crippen molar-refractivity contribution in [1.82, 2.24) is 20.6 Å². The number of aliphatic hydroxyl groups excluding tert-OH is 1. The third-order valence-corrected chi connectivity index (χ3v) is 13.2. The molecule has 0 spiro atoms. The molecule has 10 heteroatoms. The summed E-state index contributed by atoms with van der Waals surface area (Å²) in [4.78, 5) is 39.1. The quantitative estimate of drug-likeness (QED) is 0.166. The zero-order chi connectivity index (χ0) is 40.5. The number of methoxy groups -OCH3 is 1. The van der Waals surface area contributed by atoms with Gasteiger partial charge in [-0.15, -0.1) is 0 Å². The van der Waals surface area contributed by atoms with Crippen molar-refractivity contribution in [1.29, 1.82) is 0 Å². The molecule has 2 amide bonds. The van der Waals surface area contributed by atoms with E-state index in [0.29, 0.717) is 47.4 Å². The number of amides is 2. The minimum Gasteiger partial charge on any atom is -0.496 e. The van der Waals surface area contributed by atoms with Gasteiger partial charge in [-0.05, 0) is 85.7 Å². The second kappa shape index (κ2) is 17.3. The Balaban J connectivity index is 1.28. The topological polar surface area (TPSA) is 107 Å². The van der Waals surface area contributed by atoms with Crippen molar-refractivity contribution < 1.29 is 24.3 Å². The number of benzene rings is 3. The summed E-state index contributed by atoms with van der Waals surface area (Å²) in [6.45, 7) is 12.0. The molecule has 3 aromatic rings. The predicted molar refractivity (Wildman–Crippen MR) is 223 cm³/mol. The van der Waals surface area contributed by atoms with Crippen LogP contribution >= 0.6 is 0 Å². The Kier molecular flexibility index (Phi) is 12.8. The number of rotatable bonds is 15. The zero-order valence-electron chi connectivity index (χ0n) is 35.2. The Morgan fingerprint density at radius 3 is 2.36 bits per heavy atom.